The van der Waals surface area contributed by atoms with Crippen molar-refractivity contribution in [3.8, 4) is 0 Å². The standard InChI is InChI=1S/C21H26N2O4S/c1-14-10-15(2)21(16(3)11-14)28(25,26)22-18-8-7-17-6-5-9-23(19(17)12-18)20(24)13-27-4/h7-8,10-12,22H,5-6,9,13H2,1-4H3. The molecule has 2 aromatic rings. The maximum Gasteiger partial charge on any atom is 0.262 e. The average Bonchev–Trinajstić information content (AvgIpc) is 2.59. The normalized spacial score (nSPS) is 13.9. The van der Waals surface area contributed by atoms with Crippen LogP contribution in [-0.2, 0) is 26.0 Å². The van der Waals surface area contributed by atoms with Crippen LogP contribution in [0.2, 0.25) is 0 Å². The van der Waals surface area contributed by atoms with Gasteiger partial charge in [-0.05, 0) is 62.4 Å². The molecule has 0 aliphatic carbocycles. The first kappa shape index (κ1) is 20.4. The lowest BCUT2D eigenvalue weighted by atomic mass is 10.0. The highest BCUT2D eigenvalue weighted by atomic mass is 32.2. The minimum absolute atomic E-state index is 0.00283. The molecule has 7 heteroatoms. The molecular formula is C21H26N2O4S. The molecule has 0 unspecified atom stereocenters. The highest BCUT2D eigenvalue weighted by Gasteiger charge is 2.25. The number of amides is 1. The maximum atomic E-state index is 13.0. The van der Waals surface area contributed by atoms with E-state index in [0.29, 0.717) is 28.3 Å². The second-order valence-corrected chi connectivity index (χ2v) is 8.88. The summed E-state index contributed by atoms with van der Waals surface area (Å²) in [5.74, 6) is -0.131. The summed E-state index contributed by atoms with van der Waals surface area (Å²) in [5.41, 5.74) is 4.65. The number of carbonyl (C=O) groups is 1. The third-order valence-electron chi connectivity index (χ3n) is 4.90. The zero-order chi connectivity index (χ0) is 20.5. The number of sulfonamides is 1. The highest BCUT2D eigenvalue weighted by Crippen LogP contribution is 2.32. The van der Waals surface area contributed by atoms with E-state index in [0.717, 1.165) is 29.7 Å². The van der Waals surface area contributed by atoms with E-state index in [1.165, 1.54) is 7.11 Å². The molecule has 0 saturated heterocycles. The van der Waals surface area contributed by atoms with Crippen molar-refractivity contribution >= 4 is 27.3 Å². The first-order valence-corrected chi connectivity index (χ1v) is 10.7. The van der Waals surface area contributed by atoms with E-state index in [1.54, 1.807) is 30.9 Å². The van der Waals surface area contributed by atoms with Gasteiger partial charge in [0.25, 0.3) is 15.9 Å². The summed E-state index contributed by atoms with van der Waals surface area (Å²) in [6.45, 7) is 6.14. The van der Waals surface area contributed by atoms with Gasteiger partial charge in [-0.25, -0.2) is 8.42 Å². The Labute approximate surface area is 166 Å². The molecule has 0 atom stereocenters. The van der Waals surface area contributed by atoms with Crippen LogP contribution in [0.15, 0.2) is 35.2 Å². The quantitative estimate of drug-likeness (QED) is 0.832. The number of benzene rings is 2. The molecule has 0 aromatic heterocycles. The Bertz CT molecular complexity index is 992. The number of aryl methyl sites for hydroxylation is 4. The van der Waals surface area contributed by atoms with Crippen LogP contribution < -0.4 is 9.62 Å². The first-order valence-electron chi connectivity index (χ1n) is 9.26. The molecule has 1 aliphatic heterocycles. The van der Waals surface area contributed by atoms with Gasteiger partial charge in [-0.2, -0.15) is 0 Å². The second kappa shape index (κ2) is 7.93. The lowest BCUT2D eigenvalue weighted by molar-refractivity contribution is -0.122. The Morgan fingerprint density at radius 2 is 1.82 bits per heavy atom. The maximum absolute atomic E-state index is 13.0. The van der Waals surface area contributed by atoms with Gasteiger partial charge in [0.05, 0.1) is 10.6 Å². The molecule has 1 aliphatic rings. The number of methoxy groups -OCH3 is 1. The van der Waals surface area contributed by atoms with E-state index in [-0.39, 0.29) is 12.5 Å². The third-order valence-corrected chi connectivity index (χ3v) is 6.58. The Morgan fingerprint density at radius 1 is 1.14 bits per heavy atom. The summed E-state index contributed by atoms with van der Waals surface area (Å²) in [4.78, 5) is 14.3. The molecule has 1 N–H and O–H groups in total. The fourth-order valence-electron chi connectivity index (χ4n) is 3.90. The number of anilines is 2. The van der Waals surface area contributed by atoms with Crippen molar-refractivity contribution in [2.75, 3.05) is 29.9 Å². The fourth-order valence-corrected chi connectivity index (χ4v) is 5.40. The molecule has 2 aromatic carbocycles. The second-order valence-electron chi connectivity index (χ2n) is 7.26. The Morgan fingerprint density at radius 3 is 2.46 bits per heavy atom. The van der Waals surface area contributed by atoms with Crippen LogP contribution in [0, 0.1) is 20.8 Å². The summed E-state index contributed by atoms with van der Waals surface area (Å²) in [7, 11) is -2.26. The molecule has 28 heavy (non-hydrogen) atoms. The predicted molar refractivity (Wildman–Crippen MR) is 110 cm³/mol. The van der Waals surface area contributed by atoms with Crippen LogP contribution in [-0.4, -0.2) is 34.6 Å². The van der Waals surface area contributed by atoms with Crippen molar-refractivity contribution in [3.63, 3.8) is 0 Å². The van der Waals surface area contributed by atoms with Crippen LogP contribution in [0.25, 0.3) is 0 Å². The molecule has 150 valence electrons. The van der Waals surface area contributed by atoms with Crippen molar-refractivity contribution in [2.24, 2.45) is 0 Å². The summed E-state index contributed by atoms with van der Waals surface area (Å²) >= 11 is 0. The monoisotopic (exact) mass is 402 g/mol. The van der Waals surface area contributed by atoms with Crippen LogP contribution in [0.3, 0.4) is 0 Å². The van der Waals surface area contributed by atoms with Gasteiger partial charge in [0.15, 0.2) is 0 Å². The molecule has 6 nitrogen and oxygen atoms in total. The number of hydrogen-bond donors (Lipinski definition) is 1. The minimum atomic E-state index is -3.74. The van der Waals surface area contributed by atoms with Crippen molar-refractivity contribution in [3.05, 3.63) is 52.6 Å². The number of nitrogens with zero attached hydrogens (tertiary/aromatic N) is 1. The third kappa shape index (κ3) is 4.05. The van der Waals surface area contributed by atoms with E-state index in [4.69, 9.17) is 4.74 Å². The topological polar surface area (TPSA) is 75.7 Å². The molecule has 0 saturated carbocycles. The fraction of sp³-hybridized carbons (Fsp3) is 0.381. The molecule has 0 spiro atoms. The van der Waals surface area contributed by atoms with E-state index < -0.39 is 10.0 Å². The van der Waals surface area contributed by atoms with Gasteiger partial charge in [-0.15, -0.1) is 0 Å². The first-order chi connectivity index (χ1) is 13.2. The number of rotatable bonds is 5. The lowest BCUT2D eigenvalue weighted by Gasteiger charge is -2.30. The van der Waals surface area contributed by atoms with Gasteiger partial charge < -0.3 is 9.64 Å². The summed E-state index contributed by atoms with van der Waals surface area (Å²) < 4.78 is 33.7. The summed E-state index contributed by atoms with van der Waals surface area (Å²) in [6, 6.07) is 9.09. The Balaban J connectivity index is 1.96. The van der Waals surface area contributed by atoms with Crippen LogP contribution in [0.1, 0.15) is 28.7 Å². The van der Waals surface area contributed by atoms with Crippen molar-refractivity contribution in [2.45, 2.75) is 38.5 Å². The van der Waals surface area contributed by atoms with Gasteiger partial charge in [-0.1, -0.05) is 23.8 Å². The van der Waals surface area contributed by atoms with Crippen molar-refractivity contribution in [1.82, 2.24) is 0 Å². The number of hydrogen-bond acceptors (Lipinski definition) is 4. The Kier molecular flexibility index (Phi) is 5.76. The van der Waals surface area contributed by atoms with Gasteiger partial charge >= 0.3 is 0 Å². The number of fused-ring (bicyclic) bond motifs is 1. The average molecular weight is 403 g/mol. The van der Waals surface area contributed by atoms with Crippen molar-refractivity contribution in [1.29, 1.82) is 0 Å². The van der Waals surface area contributed by atoms with E-state index in [1.807, 2.05) is 25.1 Å². The minimum Gasteiger partial charge on any atom is -0.375 e. The van der Waals surface area contributed by atoms with Crippen LogP contribution in [0.5, 0.6) is 0 Å². The number of ether oxygens (including phenoxy) is 1. The molecule has 1 amide bonds. The molecule has 1 heterocycles. The number of carbonyl (C=O) groups excluding carboxylic acids is 1. The van der Waals surface area contributed by atoms with E-state index >= 15 is 0 Å². The molecule has 3 rings (SSSR count). The molecule has 0 fully saturated rings. The summed E-state index contributed by atoms with van der Waals surface area (Å²) in [6.07, 6.45) is 1.73. The van der Waals surface area contributed by atoms with Gasteiger partial charge in [-0.3, -0.25) is 9.52 Å². The predicted octanol–water partition coefficient (Wildman–Crippen LogP) is 3.34. The molecule has 0 radical (unpaired) electrons. The van der Waals surface area contributed by atoms with E-state index in [2.05, 4.69) is 4.72 Å². The SMILES string of the molecule is COCC(=O)N1CCCc2ccc(NS(=O)(=O)c3c(C)cc(C)cc3C)cc21. The summed E-state index contributed by atoms with van der Waals surface area (Å²) in [5, 5.41) is 0. The van der Waals surface area contributed by atoms with Gasteiger partial charge in [0.2, 0.25) is 0 Å². The zero-order valence-electron chi connectivity index (χ0n) is 16.7. The highest BCUT2D eigenvalue weighted by molar-refractivity contribution is 7.92. The largest absolute Gasteiger partial charge is 0.375 e. The van der Waals surface area contributed by atoms with Crippen LogP contribution in [0.4, 0.5) is 11.4 Å². The van der Waals surface area contributed by atoms with Crippen molar-refractivity contribution < 1.29 is 17.9 Å². The molecule has 0 bridgehead atoms. The smallest absolute Gasteiger partial charge is 0.262 e. The molecular weight excluding hydrogens is 376 g/mol. The van der Waals surface area contributed by atoms with E-state index in [9.17, 15) is 13.2 Å². The van der Waals surface area contributed by atoms with Gasteiger partial charge in [0, 0.05) is 19.3 Å². The zero-order valence-corrected chi connectivity index (χ0v) is 17.5. The van der Waals surface area contributed by atoms with Gasteiger partial charge in [0.1, 0.15) is 6.61 Å². The Hall–Kier alpha value is -2.38. The van der Waals surface area contributed by atoms with Crippen LogP contribution >= 0.6 is 0 Å². The lowest BCUT2D eigenvalue weighted by Crippen LogP contribution is -2.37. The number of nitrogens with one attached hydrogen (secondary N) is 1.